The first-order chi connectivity index (χ1) is 13.7. The van der Waals surface area contributed by atoms with Crippen LogP contribution in [0.1, 0.15) is 117 Å². The standard InChI is InChI=1S/C21H38N.C4H8O2.N/c1-2-3-4-5-6-7-8-9-10-11-12-13-14-16-19-22-20-17-15-18-21-22;1-2-3-4(5)6;/h15,17-18,20-21H,2-14,16,19H2,1H3;2-3H2,1H3,(H,5,6);/q+1;;/p-1. The maximum Gasteiger partial charge on any atom is 0.168 e. The van der Waals surface area contributed by atoms with Crippen molar-refractivity contribution in [1.82, 2.24) is 6.15 Å². The van der Waals surface area contributed by atoms with Crippen molar-refractivity contribution in [3.8, 4) is 0 Å². The van der Waals surface area contributed by atoms with Crippen molar-refractivity contribution in [2.75, 3.05) is 0 Å². The quantitative estimate of drug-likeness (QED) is 0.253. The number of aliphatic carboxylic acids is 1. The molecule has 0 amide bonds. The van der Waals surface area contributed by atoms with Crippen molar-refractivity contribution in [2.24, 2.45) is 0 Å². The smallest absolute Gasteiger partial charge is 0.168 e. The van der Waals surface area contributed by atoms with Crippen molar-refractivity contribution >= 4 is 5.97 Å². The van der Waals surface area contributed by atoms with Gasteiger partial charge in [0.05, 0.1) is 0 Å². The number of pyridine rings is 1. The second-order valence-corrected chi connectivity index (χ2v) is 7.83. The molecule has 0 aliphatic heterocycles. The number of carbonyl (C=O) groups excluding carboxylic acids is 1. The van der Waals surface area contributed by atoms with Gasteiger partial charge in [0.25, 0.3) is 0 Å². The second-order valence-electron chi connectivity index (χ2n) is 7.83. The number of hydrogen-bond donors (Lipinski definition) is 0. The van der Waals surface area contributed by atoms with Crippen molar-refractivity contribution in [3.63, 3.8) is 0 Å². The molecule has 0 saturated heterocycles. The van der Waals surface area contributed by atoms with Gasteiger partial charge in [-0.05, 0) is 12.8 Å². The zero-order valence-electron chi connectivity index (χ0n) is 19.1. The highest BCUT2D eigenvalue weighted by molar-refractivity contribution is 5.63. The Labute approximate surface area is 180 Å². The number of nitrogens with zero attached hydrogens (tertiary/aromatic N) is 2. The number of carboxylic acid groups (broad SMARTS) is 1. The Balaban J connectivity index is 0. The van der Waals surface area contributed by atoms with Gasteiger partial charge in [-0.25, -0.2) is 4.57 Å². The van der Waals surface area contributed by atoms with Crippen LogP contribution >= 0.6 is 0 Å². The number of aromatic nitrogens is 1. The van der Waals surface area contributed by atoms with Gasteiger partial charge < -0.3 is 9.90 Å². The third-order valence-electron chi connectivity index (χ3n) is 5.00. The average molecular weight is 406 g/mol. The van der Waals surface area contributed by atoms with E-state index >= 15 is 0 Å². The summed E-state index contributed by atoms with van der Waals surface area (Å²) in [6.45, 7) is 5.27. The summed E-state index contributed by atoms with van der Waals surface area (Å²) in [7, 11) is 0. The molecule has 0 saturated carbocycles. The Hall–Kier alpha value is -1.42. The lowest BCUT2D eigenvalue weighted by molar-refractivity contribution is -0.697. The molecule has 0 bridgehead atoms. The van der Waals surface area contributed by atoms with E-state index in [0.29, 0.717) is 6.42 Å². The van der Waals surface area contributed by atoms with Crippen molar-refractivity contribution < 1.29 is 14.5 Å². The lowest BCUT2D eigenvalue weighted by atomic mass is 10.0. The van der Waals surface area contributed by atoms with E-state index in [1.165, 1.54) is 96.4 Å². The van der Waals surface area contributed by atoms with E-state index < -0.39 is 5.97 Å². The molecule has 1 aromatic rings. The Morgan fingerprint density at radius 1 is 0.655 bits per heavy atom. The largest absolute Gasteiger partial charge is 0.550 e. The van der Waals surface area contributed by atoms with E-state index in [1.807, 2.05) is 0 Å². The first-order valence-corrected chi connectivity index (χ1v) is 11.8. The maximum absolute atomic E-state index is 9.49. The Bertz CT molecular complexity index is 438. The fourth-order valence-electron chi connectivity index (χ4n) is 3.28. The molecule has 0 aromatic carbocycles. The molecule has 0 atom stereocenters. The van der Waals surface area contributed by atoms with E-state index in [0.717, 1.165) is 0 Å². The van der Waals surface area contributed by atoms with Gasteiger partial charge in [0.1, 0.15) is 6.54 Å². The molecule has 0 spiro atoms. The van der Waals surface area contributed by atoms with Gasteiger partial charge in [0, 0.05) is 30.7 Å². The number of carboxylic acids is 1. The lowest BCUT2D eigenvalue weighted by Crippen LogP contribution is -2.32. The normalized spacial score (nSPS) is 10.0. The Morgan fingerprint density at radius 2 is 1.07 bits per heavy atom. The highest BCUT2D eigenvalue weighted by Crippen LogP contribution is 2.12. The molecule has 4 nitrogen and oxygen atoms in total. The number of aryl methyl sites for hydroxylation is 1. The minimum absolute atomic E-state index is 0. The van der Waals surface area contributed by atoms with Crippen molar-refractivity contribution in [2.45, 2.75) is 123 Å². The van der Waals surface area contributed by atoms with E-state index in [1.54, 1.807) is 6.92 Å². The Morgan fingerprint density at radius 3 is 1.41 bits per heavy atom. The van der Waals surface area contributed by atoms with E-state index in [4.69, 9.17) is 0 Å². The highest BCUT2D eigenvalue weighted by Gasteiger charge is 1.98. The molecule has 0 unspecified atom stereocenters. The first-order valence-electron chi connectivity index (χ1n) is 11.8. The summed E-state index contributed by atoms with van der Waals surface area (Å²) in [6.07, 6.45) is 25.3. The molecule has 3 radical (unpaired) electrons. The summed E-state index contributed by atoms with van der Waals surface area (Å²) in [6, 6.07) is 6.31. The van der Waals surface area contributed by atoms with Gasteiger partial charge in [-0.2, -0.15) is 0 Å². The van der Waals surface area contributed by atoms with Crippen LogP contribution in [0.3, 0.4) is 0 Å². The van der Waals surface area contributed by atoms with Crippen molar-refractivity contribution in [3.05, 3.63) is 30.6 Å². The molecular weight excluding hydrogens is 360 g/mol. The van der Waals surface area contributed by atoms with Crippen LogP contribution in [-0.4, -0.2) is 5.97 Å². The van der Waals surface area contributed by atoms with Crippen LogP contribution in [0, 0.1) is 0 Å². The summed E-state index contributed by atoms with van der Waals surface area (Å²) in [5.41, 5.74) is 0. The summed E-state index contributed by atoms with van der Waals surface area (Å²) < 4.78 is 2.29. The lowest BCUT2D eigenvalue weighted by Gasteiger charge is -2.02. The SMILES string of the molecule is CCCC(=O)[O-].CCCCCCCCCCCCCCCC[n+]1ccccc1.[N]. The molecule has 0 N–H and O–H groups in total. The van der Waals surface area contributed by atoms with Gasteiger partial charge in [0.15, 0.2) is 12.4 Å². The minimum atomic E-state index is -0.961. The first kappa shape index (κ1) is 29.8. The zero-order chi connectivity index (χ0) is 20.7. The minimum Gasteiger partial charge on any atom is -0.550 e. The van der Waals surface area contributed by atoms with Gasteiger partial charge in [0.2, 0.25) is 0 Å². The summed E-state index contributed by atoms with van der Waals surface area (Å²) in [5, 5.41) is 9.49. The second kappa shape index (κ2) is 24.6. The topological polar surface area (TPSA) is 74.5 Å². The fourth-order valence-corrected chi connectivity index (χ4v) is 3.28. The monoisotopic (exact) mass is 405 g/mol. The molecule has 1 heterocycles. The van der Waals surface area contributed by atoms with Crippen LogP contribution in [0.15, 0.2) is 30.6 Å². The van der Waals surface area contributed by atoms with Crippen LogP contribution in [0.2, 0.25) is 0 Å². The number of hydrogen-bond acceptors (Lipinski definition) is 2. The van der Waals surface area contributed by atoms with E-state index in [9.17, 15) is 9.90 Å². The summed E-state index contributed by atoms with van der Waals surface area (Å²) >= 11 is 0. The van der Waals surface area contributed by atoms with Gasteiger partial charge in [-0.1, -0.05) is 103 Å². The molecule has 0 aliphatic carbocycles. The zero-order valence-corrected chi connectivity index (χ0v) is 19.1. The predicted molar refractivity (Wildman–Crippen MR) is 119 cm³/mol. The van der Waals surface area contributed by atoms with E-state index in [2.05, 4.69) is 42.1 Å². The van der Waals surface area contributed by atoms with Crippen LogP contribution < -0.4 is 15.8 Å². The highest BCUT2D eigenvalue weighted by atomic mass is 16.4. The fraction of sp³-hybridized carbons (Fsp3) is 0.760. The third kappa shape index (κ3) is 24.5. The number of unbranched alkanes of at least 4 members (excludes halogenated alkanes) is 13. The molecule has 167 valence electrons. The van der Waals surface area contributed by atoms with Gasteiger partial charge >= 0.3 is 0 Å². The van der Waals surface area contributed by atoms with Crippen molar-refractivity contribution in [1.29, 1.82) is 0 Å². The average Bonchev–Trinajstić information content (AvgIpc) is 2.69. The molecule has 0 fully saturated rings. The molecule has 4 heteroatoms. The molecular formula is C25H45N2O2. The predicted octanol–water partition coefficient (Wildman–Crippen LogP) is 5.51. The third-order valence-corrected chi connectivity index (χ3v) is 5.00. The summed E-state index contributed by atoms with van der Waals surface area (Å²) in [4.78, 5) is 9.49. The molecule has 0 aliphatic rings. The van der Waals surface area contributed by atoms with Crippen LogP contribution in [0.25, 0.3) is 0 Å². The van der Waals surface area contributed by atoms with Gasteiger partial charge in [-0.15, -0.1) is 0 Å². The summed E-state index contributed by atoms with van der Waals surface area (Å²) in [5.74, 6) is -0.961. The maximum atomic E-state index is 9.49. The van der Waals surface area contributed by atoms with Crippen LogP contribution in [0.4, 0.5) is 0 Å². The van der Waals surface area contributed by atoms with Crippen LogP contribution in [0.5, 0.6) is 0 Å². The number of rotatable bonds is 17. The Kier molecular flexibility index (Phi) is 25.3. The number of carbonyl (C=O) groups is 1. The molecule has 1 aromatic heterocycles. The molecule has 1 rings (SSSR count). The molecule has 29 heavy (non-hydrogen) atoms. The van der Waals surface area contributed by atoms with E-state index in [-0.39, 0.29) is 12.6 Å². The van der Waals surface area contributed by atoms with Crippen LogP contribution in [-0.2, 0) is 11.3 Å². The van der Waals surface area contributed by atoms with Gasteiger partial charge in [-0.3, -0.25) is 0 Å².